The minimum atomic E-state index is -3.92. The predicted molar refractivity (Wildman–Crippen MR) is 182 cm³/mol. The number of fused-ring (bicyclic) bond motifs is 1. The predicted octanol–water partition coefficient (Wildman–Crippen LogP) is 5.01. The smallest absolute Gasteiger partial charge is 0.260 e. The summed E-state index contributed by atoms with van der Waals surface area (Å²) in [7, 11) is -5.76. The second kappa shape index (κ2) is 13.3. The van der Waals surface area contributed by atoms with Crippen molar-refractivity contribution >= 4 is 35.6 Å². The van der Waals surface area contributed by atoms with Gasteiger partial charge in [0.2, 0.25) is 0 Å². The maximum atomic E-state index is 14.3. The minimum Gasteiger partial charge on any atom is -0.418 e. The maximum Gasteiger partial charge on any atom is 0.260 e. The van der Waals surface area contributed by atoms with E-state index in [1.807, 2.05) is 65.4 Å². The number of benzene rings is 1. The molecule has 5 aromatic rings. The maximum absolute atomic E-state index is 14.3. The molecule has 4 aromatic heterocycles. The van der Waals surface area contributed by atoms with Gasteiger partial charge in [0, 0.05) is 49.3 Å². The second-order valence-corrected chi connectivity index (χ2v) is 19.0. The number of anilines is 2. The monoisotopic (exact) mass is 659 g/mol. The van der Waals surface area contributed by atoms with Crippen molar-refractivity contribution in [2.45, 2.75) is 70.1 Å². The van der Waals surface area contributed by atoms with Crippen LogP contribution in [-0.4, -0.2) is 74.9 Å². The fourth-order valence-corrected chi connectivity index (χ4v) is 8.45. The molecule has 0 radical (unpaired) electrons. The number of aromatic nitrogens is 7. The summed E-state index contributed by atoms with van der Waals surface area (Å²) in [6.45, 7) is 10.2. The first-order chi connectivity index (χ1) is 22.1. The highest BCUT2D eigenvalue weighted by Crippen LogP contribution is 2.33. The van der Waals surface area contributed by atoms with Crippen molar-refractivity contribution in [2.75, 3.05) is 23.4 Å². The number of hydrogen-bond donors (Lipinski definition) is 1. The molecule has 242 valence electrons. The highest BCUT2D eigenvalue weighted by molar-refractivity contribution is 7.90. The van der Waals surface area contributed by atoms with Crippen LogP contribution >= 0.6 is 0 Å². The van der Waals surface area contributed by atoms with Crippen LogP contribution in [0.5, 0.6) is 0 Å². The first-order valence-electron chi connectivity index (χ1n) is 15.8. The topological polar surface area (TPSA) is 132 Å². The van der Waals surface area contributed by atoms with Crippen LogP contribution in [0.3, 0.4) is 0 Å². The Morgan fingerprint density at radius 1 is 1.09 bits per heavy atom. The first kappa shape index (κ1) is 31.8. The van der Waals surface area contributed by atoms with Gasteiger partial charge in [0.1, 0.15) is 23.2 Å². The van der Waals surface area contributed by atoms with Crippen molar-refractivity contribution in [3.63, 3.8) is 0 Å². The molecule has 2 unspecified atom stereocenters. The third-order valence-electron chi connectivity index (χ3n) is 8.22. The molecule has 1 aromatic carbocycles. The summed E-state index contributed by atoms with van der Waals surface area (Å²) >= 11 is 0. The molecule has 0 aliphatic carbocycles. The fourth-order valence-electron chi connectivity index (χ4n) is 5.92. The van der Waals surface area contributed by atoms with Gasteiger partial charge in [-0.25, -0.2) is 18.4 Å². The second-order valence-electron chi connectivity index (χ2n) is 12.5. The van der Waals surface area contributed by atoms with Gasteiger partial charge in [0.15, 0.2) is 19.8 Å². The number of rotatable bonds is 12. The average molecular weight is 660 g/mol. The Balaban J connectivity index is 1.37. The van der Waals surface area contributed by atoms with Gasteiger partial charge >= 0.3 is 0 Å². The molecule has 1 N–H and O–H groups in total. The van der Waals surface area contributed by atoms with Crippen molar-refractivity contribution in [1.82, 2.24) is 33.8 Å². The summed E-state index contributed by atoms with van der Waals surface area (Å²) < 4.78 is 37.8. The van der Waals surface area contributed by atoms with Gasteiger partial charge in [-0.1, -0.05) is 43.3 Å². The lowest BCUT2D eigenvalue weighted by atomic mass is 9.99. The van der Waals surface area contributed by atoms with Crippen LogP contribution in [0.1, 0.15) is 37.3 Å². The van der Waals surface area contributed by atoms with Crippen LogP contribution in [0, 0.1) is 0 Å². The standard InChI is InChI=1S/C32H41N9O3SSi/c1-5-25-22-36-41-29(34-21-24-11-9-16-33-20-24)19-30(37-32(25)41)39-17-10-14-28(27(39)15-18-44-46(2,3)4)45(42,43)40-23-35-31(38-40)26-12-7-6-8-13-26/h6-9,11-13,16,19-20,22-23,27-28,34H,5,10,14-15,17-18,21H2,1-4H3. The van der Waals surface area contributed by atoms with Gasteiger partial charge in [0.05, 0.1) is 12.2 Å². The Morgan fingerprint density at radius 3 is 2.65 bits per heavy atom. The van der Waals surface area contributed by atoms with Gasteiger partial charge in [0.25, 0.3) is 10.0 Å². The van der Waals surface area contributed by atoms with Crippen LogP contribution in [0.4, 0.5) is 11.6 Å². The molecule has 0 spiro atoms. The largest absolute Gasteiger partial charge is 0.418 e. The number of nitrogens with zero attached hydrogens (tertiary/aromatic N) is 8. The third kappa shape index (κ3) is 6.83. The molecule has 0 bridgehead atoms. The Labute approximate surface area is 271 Å². The van der Waals surface area contributed by atoms with Crippen LogP contribution in [0.25, 0.3) is 17.0 Å². The van der Waals surface area contributed by atoms with Crippen LogP contribution in [0.2, 0.25) is 19.6 Å². The Bertz CT molecular complexity index is 1880. The molecule has 46 heavy (non-hydrogen) atoms. The molecule has 0 amide bonds. The molecule has 2 atom stereocenters. The lowest BCUT2D eigenvalue weighted by molar-refractivity contribution is 0.276. The summed E-state index contributed by atoms with van der Waals surface area (Å²) in [4.78, 5) is 15.8. The quantitative estimate of drug-likeness (QED) is 0.182. The molecule has 12 nitrogen and oxygen atoms in total. The highest BCUT2D eigenvalue weighted by Gasteiger charge is 2.42. The third-order valence-corrected chi connectivity index (χ3v) is 11.3. The van der Waals surface area contributed by atoms with Crippen molar-refractivity contribution in [1.29, 1.82) is 0 Å². The number of pyridine rings is 1. The van der Waals surface area contributed by atoms with Gasteiger partial charge in [-0.2, -0.15) is 9.61 Å². The summed E-state index contributed by atoms with van der Waals surface area (Å²) in [5.74, 6) is 1.85. The Morgan fingerprint density at radius 2 is 1.91 bits per heavy atom. The van der Waals surface area contributed by atoms with Crippen molar-refractivity contribution in [3.05, 3.63) is 84.6 Å². The van der Waals surface area contributed by atoms with E-state index in [4.69, 9.17) is 9.41 Å². The van der Waals surface area contributed by atoms with Crippen molar-refractivity contribution in [3.8, 4) is 11.4 Å². The molecule has 1 aliphatic rings. The summed E-state index contributed by atoms with van der Waals surface area (Å²) in [5.41, 5.74) is 3.56. The summed E-state index contributed by atoms with van der Waals surface area (Å²) in [6, 6.07) is 14.9. The number of nitrogens with one attached hydrogen (secondary N) is 1. The van der Waals surface area contributed by atoms with Crippen molar-refractivity contribution < 1.29 is 12.8 Å². The van der Waals surface area contributed by atoms with Crippen LogP contribution in [-0.2, 0) is 27.4 Å². The lowest BCUT2D eigenvalue weighted by Crippen LogP contribution is -2.53. The first-order valence-corrected chi connectivity index (χ1v) is 20.7. The van der Waals surface area contributed by atoms with E-state index >= 15 is 0 Å². The molecule has 14 heteroatoms. The Kier molecular flexibility index (Phi) is 9.20. The molecular formula is C32H41N9O3SSi. The highest BCUT2D eigenvalue weighted by atomic mass is 32.2. The van der Waals surface area contributed by atoms with Gasteiger partial charge in [-0.3, -0.25) is 4.98 Å². The molecular weight excluding hydrogens is 619 g/mol. The van der Waals surface area contributed by atoms with E-state index in [0.717, 1.165) is 38.7 Å². The molecule has 1 fully saturated rings. The van der Waals surface area contributed by atoms with E-state index in [1.165, 1.54) is 6.33 Å². The van der Waals surface area contributed by atoms with E-state index in [2.05, 4.69) is 56.9 Å². The number of piperidine rings is 1. The zero-order valence-corrected chi connectivity index (χ0v) is 28.6. The zero-order chi connectivity index (χ0) is 32.3. The van der Waals surface area contributed by atoms with Gasteiger partial charge < -0.3 is 14.6 Å². The lowest BCUT2D eigenvalue weighted by Gasteiger charge is -2.42. The Hall–Kier alpha value is -4.14. The van der Waals surface area contributed by atoms with E-state index < -0.39 is 29.6 Å². The van der Waals surface area contributed by atoms with E-state index in [-0.39, 0.29) is 0 Å². The summed E-state index contributed by atoms with van der Waals surface area (Å²) in [6.07, 6.45) is 9.22. The number of aryl methyl sites for hydroxylation is 1. The molecule has 5 heterocycles. The van der Waals surface area contributed by atoms with Crippen molar-refractivity contribution in [2.24, 2.45) is 0 Å². The average Bonchev–Trinajstić information content (AvgIpc) is 3.72. The van der Waals surface area contributed by atoms with E-state index in [0.29, 0.717) is 50.6 Å². The van der Waals surface area contributed by atoms with E-state index in [9.17, 15) is 8.42 Å². The van der Waals surface area contributed by atoms with Gasteiger partial charge in [-0.15, -0.1) is 9.19 Å². The van der Waals surface area contributed by atoms with Gasteiger partial charge in [-0.05, 0) is 57.0 Å². The zero-order valence-electron chi connectivity index (χ0n) is 26.7. The van der Waals surface area contributed by atoms with Crippen LogP contribution < -0.4 is 10.2 Å². The molecule has 6 rings (SSSR count). The molecule has 0 saturated carbocycles. The van der Waals surface area contributed by atoms with E-state index in [1.54, 1.807) is 6.20 Å². The SMILES string of the molecule is CCc1cnn2c(NCc3cccnc3)cc(N3CCCC(S(=O)(=O)n4cnc(-c5ccccc5)n4)C3CCO[Si](C)(C)C)nc12. The normalized spacial score (nSPS) is 17.4. The fraction of sp³-hybridized carbons (Fsp3) is 0.406. The molecule has 1 aliphatic heterocycles. The molecule has 1 saturated heterocycles. The minimum absolute atomic E-state index is 0.375. The van der Waals surface area contributed by atoms with Crippen LogP contribution in [0.15, 0.2) is 73.4 Å². The summed E-state index contributed by atoms with van der Waals surface area (Å²) in [5, 5.41) is 11.8. The number of hydrogen-bond acceptors (Lipinski definition) is 10.